The predicted molar refractivity (Wildman–Crippen MR) is 198 cm³/mol. The van der Waals surface area contributed by atoms with Crippen LogP contribution in [-0.4, -0.2) is 10.8 Å². The first-order chi connectivity index (χ1) is 24.7. The Morgan fingerprint density at radius 1 is 0.740 bits per heavy atom. The fraction of sp³-hybridized carbons (Fsp3) is 0.0889. The molecule has 2 unspecified atom stereocenters. The van der Waals surface area contributed by atoms with E-state index in [1.54, 1.807) is 0 Å². The Kier molecular flexibility index (Phi) is 5.65. The van der Waals surface area contributed by atoms with Crippen LogP contribution < -0.4 is 19.8 Å². The lowest BCUT2D eigenvalue weighted by atomic mass is 9.59. The SMILES string of the molecule is CC1C=CC2=C(C1)C1(c3ccc(-c4cccc(C5=CC=[NH+]5)c4)cc3O2)c2ccccc2Oc2cc(-n3c4c(c5ccccc53)[NH2+]C=C4)ccc21. The van der Waals surface area contributed by atoms with Crippen LogP contribution in [0.25, 0.3) is 39.5 Å². The Hall–Kier alpha value is -6.17. The van der Waals surface area contributed by atoms with Gasteiger partial charge in [-0.25, -0.2) is 4.99 Å². The molecule has 11 rings (SSSR count). The van der Waals surface area contributed by atoms with E-state index in [4.69, 9.17) is 9.47 Å². The lowest BCUT2D eigenvalue weighted by Crippen LogP contribution is -2.70. The molecule has 3 N–H and O–H groups in total. The van der Waals surface area contributed by atoms with Crippen LogP contribution in [0.3, 0.4) is 0 Å². The van der Waals surface area contributed by atoms with Crippen LogP contribution in [0.15, 0.2) is 145 Å². The summed E-state index contributed by atoms with van der Waals surface area (Å²) >= 11 is 0. The summed E-state index contributed by atoms with van der Waals surface area (Å²) in [7, 11) is 0. The van der Waals surface area contributed by atoms with Crippen LogP contribution >= 0.6 is 0 Å². The average Bonchev–Trinajstić information content (AvgIpc) is 3.72. The highest BCUT2D eigenvalue weighted by Gasteiger charge is 2.52. The number of hydrogen-bond donors (Lipinski definition) is 2. The summed E-state index contributed by atoms with van der Waals surface area (Å²) in [5.74, 6) is 3.93. The van der Waals surface area contributed by atoms with Gasteiger partial charge in [-0.1, -0.05) is 73.7 Å². The van der Waals surface area contributed by atoms with E-state index in [-0.39, 0.29) is 0 Å². The number of nitrogens with one attached hydrogen (secondary N) is 1. The highest BCUT2D eigenvalue weighted by atomic mass is 16.5. The number of allylic oxidation sites excluding steroid dienone is 4. The maximum absolute atomic E-state index is 6.91. The van der Waals surface area contributed by atoms with Crippen molar-refractivity contribution in [2.24, 2.45) is 5.92 Å². The lowest BCUT2D eigenvalue weighted by molar-refractivity contribution is -0.489. The largest absolute Gasteiger partial charge is 0.457 e. The van der Waals surface area contributed by atoms with E-state index in [1.807, 2.05) is 6.21 Å². The summed E-state index contributed by atoms with van der Waals surface area (Å²) in [5.41, 5.74) is 13.4. The third kappa shape index (κ3) is 3.72. The van der Waals surface area contributed by atoms with Gasteiger partial charge in [-0.2, -0.15) is 0 Å². The summed E-state index contributed by atoms with van der Waals surface area (Å²) in [4.78, 5) is 3.30. The predicted octanol–water partition coefficient (Wildman–Crippen LogP) is 7.67. The number of nitrogens with zero attached hydrogens (tertiary/aromatic N) is 1. The number of aromatic nitrogens is 1. The Balaban J connectivity index is 1.15. The van der Waals surface area contributed by atoms with Crippen molar-refractivity contribution in [2.45, 2.75) is 18.8 Å². The minimum atomic E-state index is -0.587. The molecule has 6 aromatic rings. The Labute approximate surface area is 289 Å². The normalized spacial score (nSPS) is 20.3. The van der Waals surface area contributed by atoms with Gasteiger partial charge in [-0.05, 0) is 77.6 Å². The first-order valence-corrected chi connectivity index (χ1v) is 17.4. The molecule has 0 bridgehead atoms. The monoisotopic (exact) mass is 647 g/mol. The molecule has 0 radical (unpaired) electrons. The second kappa shape index (κ2) is 10.2. The van der Waals surface area contributed by atoms with Crippen LogP contribution in [0.5, 0.6) is 17.2 Å². The van der Waals surface area contributed by atoms with Crippen molar-refractivity contribution >= 4 is 34.6 Å². The molecule has 1 aromatic heterocycles. The molecule has 4 aliphatic heterocycles. The summed E-state index contributed by atoms with van der Waals surface area (Å²) in [6, 6.07) is 39.5. The third-order valence-corrected chi connectivity index (χ3v) is 11.1. The number of benzene rings is 5. The van der Waals surface area contributed by atoms with Gasteiger partial charge < -0.3 is 14.0 Å². The van der Waals surface area contributed by atoms with E-state index in [9.17, 15) is 0 Å². The number of quaternary nitrogens is 1. The minimum Gasteiger partial charge on any atom is -0.457 e. The van der Waals surface area contributed by atoms with Gasteiger partial charge >= 0.3 is 0 Å². The summed E-state index contributed by atoms with van der Waals surface area (Å²) in [6.07, 6.45) is 13.8. The van der Waals surface area contributed by atoms with Gasteiger partial charge in [0.1, 0.15) is 34.9 Å². The first-order valence-electron chi connectivity index (χ1n) is 17.4. The Morgan fingerprint density at radius 2 is 1.52 bits per heavy atom. The quantitative estimate of drug-likeness (QED) is 0.207. The number of nitrogens with two attached hydrogens (primary N) is 1. The van der Waals surface area contributed by atoms with Crippen molar-refractivity contribution in [3.8, 4) is 34.1 Å². The molecule has 0 fully saturated rings. The summed E-state index contributed by atoms with van der Waals surface area (Å²) in [6.45, 7) is 2.29. The molecule has 238 valence electrons. The molecule has 0 saturated heterocycles. The summed E-state index contributed by atoms with van der Waals surface area (Å²) < 4.78 is 16.2. The van der Waals surface area contributed by atoms with Gasteiger partial charge in [0, 0.05) is 34.4 Å². The van der Waals surface area contributed by atoms with Gasteiger partial charge in [-0.15, -0.1) is 0 Å². The molecule has 5 nitrogen and oxygen atoms in total. The zero-order valence-electron chi connectivity index (χ0n) is 27.5. The van der Waals surface area contributed by atoms with Crippen molar-refractivity contribution in [1.29, 1.82) is 0 Å². The van der Waals surface area contributed by atoms with Gasteiger partial charge in [0.25, 0.3) is 0 Å². The molecule has 5 heterocycles. The molecule has 1 spiro atoms. The minimum absolute atomic E-state index is 0.374. The van der Waals surface area contributed by atoms with Gasteiger partial charge in [0.15, 0.2) is 11.9 Å². The average molecular weight is 648 g/mol. The van der Waals surface area contributed by atoms with Gasteiger partial charge in [0.05, 0.1) is 28.1 Å². The van der Waals surface area contributed by atoms with Crippen LogP contribution in [0.4, 0.5) is 5.69 Å². The number of hydrogen-bond acceptors (Lipinski definition) is 2. The van der Waals surface area contributed by atoms with E-state index in [0.717, 1.165) is 68.6 Å². The highest BCUT2D eigenvalue weighted by Crippen LogP contribution is 2.62. The number of para-hydroxylation sites is 2. The van der Waals surface area contributed by atoms with Crippen molar-refractivity contribution in [3.63, 3.8) is 0 Å². The second-order valence-corrected chi connectivity index (χ2v) is 13.9. The topological polar surface area (TPSA) is 54.0 Å². The zero-order valence-corrected chi connectivity index (χ0v) is 27.5. The molecular weight excluding hydrogens is 615 g/mol. The van der Waals surface area contributed by atoms with Crippen LogP contribution in [0, 0.1) is 5.92 Å². The van der Waals surface area contributed by atoms with Crippen molar-refractivity contribution in [2.75, 3.05) is 0 Å². The number of rotatable bonds is 3. The smallest absolute Gasteiger partial charge is 0.216 e. The van der Waals surface area contributed by atoms with E-state index in [0.29, 0.717) is 5.92 Å². The van der Waals surface area contributed by atoms with E-state index in [1.165, 1.54) is 33.4 Å². The van der Waals surface area contributed by atoms with Crippen LogP contribution in [0.2, 0.25) is 0 Å². The van der Waals surface area contributed by atoms with Gasteiger partial charge in [0.2, 0.25) is 5.70 Å². The molecular formula is C45H33N3O2+2. The molecule has 5 heteroatoms. The summed E-state index contributed by atoms with van der Waals surface area (Å²) in [5, 5.41) is 3.47. The Morgan fingerprint density at radius 3 is 2.42 bits per heavy atom. The molecule has 0 amide bonds. The van der Waals surface area contributed by atoms with Crippen molar-refractivity contribution < 1.29 is 19.8 Å². The van der Waals surface area contributed by atoms with E-state index in [2.05, 4.69) is 161 Å². The third-order valence-electron chi connectivity index (χ3n) is 11.1. The molecule has 2 atom stereocenters. The maximum Gasteiger partial charge on any atom is 0.216 e. The van der Waals surface area contributed by atoms with Crippen LogP contribution in [-0.2, 0) is 5.41 Å². The van der Waals surface area contributed by atoms with Crippen LogP contribution in [0.1, 0.15) is 41.3 Å². The second-order valence-electron chi connectivity index (χ2n) is 13.9. The molecule has 50 heavy (non-hydrogen) atoms. The number of ether oxygens (including phenoxy) is 2. The van der Waals surface area contributed by atoms with E-state index >= 15 is 0 Å². The van der Waals surface area contributed by atoms with Crippen molar-refractivity contribution in [1.82, 2.24) is 4.57 Å². The highest BCUT2D eigenvalue weighted by molar-refractivity contribution is 5.97. The van der Waals surface area contributed by atoms with Crippen molar-refractivity contribution in [3.05, 3.63) is 173 Å². The van der Waals surface area contributed by atoms with E-state index < -0.39 is 5.41 Å². The standard InChI is InChI=1S/C45H31N3O2/c1-27-13-18-41-36(23-27)45(34-16-14-29(25-42(34)50-41)28-7-6-8-30(24-28)37-19-21-46-37)33-10-3-5-12-40(33)49-43-26-31(15-17-35(43)45)48-38-11-4-2-9-32(38)44-39(48)20-22-47-44/h2-22,24-27,47H,23H2,1H3/p+2. The fourth-order valence-corrected chi connectivity index (χ4v) is 8.79. The molecule has 1 aliphatic carbocycles. The molecule has 5 aliphatic rings. The number of fused-ring (bicyclic) bond motifs is 10. The molecule has 5 aromatic carbocycles. The van der Waals surface area contributed by atoms with Gasteiger partial charge in [-0.3, -0.25) is 5.32 Å². The molecule has 0 saturated carbocycles. The lowest BCUT2D eigenvalue weighted by Gasteiger charge is -2.47. The first kappa shape index (κ1) is 27.7. The Bertz CT molecular complexity index is 2630. The maximum atomic E-state index is 6.91. The zero-order chi connectivity index (χ0) is 33.0. The fourth-order valence-electron chi connectivity index (χ4n) is 8.79.